The molecule has 0 N–H and O–H groups in total. The third kappa shape index (κ3) is 7.66. The van der Waals surface area contributed by atoms with Crippen LogP contribution in [0.3, 0.4) is 0 Å². The van der Waals surface area contributed by atoms with Gasteiger partial charge in [0, 0.05) is 75.7 Å². The Kier molecular flexibility index (Phi) is 9.68. The smallest absolute Gasteiger partial charge is 0.423 e. The molecule has 2 amide bonds. The van der Waals surface area contributed by atoms with E-state index in [2.05, 4.69) is 0 Å². The van der Waals surface area contributed by atoms with E-state index < -0.39 is 40.2 Å². The standard InChI is InChI=1S/C31H34F6N4O5/c32-30(33,34)22-5-2-6-23(18-22)38-13-15-40(16-14-38)29(43)21-4-1-3-20(17-21)28(42)39-11-9-24(10-12-39)46-25-7-8-27(41(44)45)26(19-25)31(35,36)37/h2,5-8,18-21,24H,1,3-4,9-17H2/t20-,21+/m0/s1. The van der Waals surface area contributed by atoms with Crippen molar-refractivity contribution in [1.82, 2.24) is 9.80 Å². The molecule has 0 radical (unpaired) electrons. The SMILES string of the molecule is O=C([C@@H]1CCC[C@H](C(=O)N2CCC(Oc3ccc([N+](=O)[O-])c(C(F)(F)F)c3)CC2)C1)N1CCN(c2cccc(C(F)(F)F)c2)CC1. The second-order valence-corrected chi connectivity index (χ2v) is 12.0. The first-order valence-electron chi connectivity index (χ1n) is 15.2. The Bertz CT molecular complexity index is 1440. The second kappa shape index (κ2) is 13.4. The van der Waals surface area contributed by atoms with Gasteiger partial charge in [0.15, 0.2) is 0 Å². The lowest BCUT2D eigenvalue weighted by Gasteiger charge is -2.40. The zero-order valence-corrected chi connectivity index (χ0v) is 24.9. The molecular formula is C31H34F6N4O5. The molecule has 0 unspecified atom stereocenters. The predicted molar refractivity (Wildman–Crippen MR) is 154 cm³/mol. The lowest BCUT2D eigenvalue weighted by molar-refractivity contribution is -0.388. The normalized spacial score (nSPS) is 21.7. The zero-order chi connectivity index (χ0) is 33.2. The number of likely N-dealkylation sites (tertiary alicyclic amines) is 1. The lowest BCUT2D eigenvalue weighted by atomic mass is 9.79. The highest BCUT2D eigenvalue weighted by molar-refractivity contribution is 5.83. The van der Waals surface area contributed by atoms with Crippen LogP contribution in [0.25, 0.3) is 0 Å². The average molecular weight is 657 g/mol. The number of nitrogens with zero attached hydrogens (tertiary/aromatic N) is 4. The first kappa shape index (κ1) is 33.3. The van der Waals surface area contributed by atoms with Crippen LogP contribution in [0, 0.1) is 22.0 Å². The Hall–Kier alpha value is -4.04. The van der Waals surface area contributed by atoms with E-state index >= 15 is 0 Å². The highest BCUT2D eigenvalue weighted by Crippen LogP contribution is 2.39. The molecule has 2 aliphatic heterocycles. The number of piperidine rings is 1. The third-order valence-electron chi connectivity index (χ3n) is 9.03. The molecule has 1 aliphatic carbocycles. The van der Waals surface area contributed by atoms with E-state index in [1.165, 1.54) is 6.07 Å². The second-order valence-electron chi connectivity index (χ2n) is 12.0. The van der Waals surface area contributed by atoms with Crippen LogP contribution in [0.1, 0.15) is 49.7 Å². The number of nitro benzene ring substituents is 1. The summed E-state index contributed by atoms with van der Waals surface area (Å²) in [5, 5.41) is 11.0. The van der Waals surface area contributed by atoms with Crippen molar-refractivity contribution in [3.8, 4) is 5.75 Å². The highest BCUT2D eigenvalue weighted by Gasteiger charge is 2.40. The maximum Gasteiger partial charge on any atom is 0.423 e. The molecule has 0 bridgehead atoms. The number of carbonyl (C=O) groups is 2. The van der Waals surface area contributed by atoms with Crippen molar-refractivity contribution in [2.75, 3.05) is 44.2 Å². The monoisotopic (exact) mass is 656 g/mol. The van der Waals surface area contributed by atoms with Gasteiger partial charge in [-0.3, -0.25) is 19.7 Å². The van der Waals surface area contributed by atoms with Crippen LogP contribution in [0.2, 0.25) is 0 Å². The van der Waals surface area contributed by atoms with E-state index in [0.717, 1.165) is 24.3 Å². The van der Waals surface area contributed by atoms with Gasteiger partial charge < -0.3 is 19.4 Å². The Morgan fingerprint density at radius 2 is 1.39 bits per heavy atom. The van der Waals surface area contributed by atoms with E-state index in [-0.39, 0.29) is 29.4 Å². The van der Waals surface area contributed by atoms with Crippen LogP contribution in [0.4, 0.5) is 37.7 Å². The number of halogens is 6. The topological polar surface area (TPSA) is 96.2 Å². The number of nitro groups is 1. The molecule has 1 saturated carbocycles. The highest BCUT2D eigenvalue weighted by atomic mass is 19.4. The van der Waals surface area contributed by atoms with Gasteiger partial charge in [0.05, 0.1) is 10.5 Å². The molecule has 2 aromatic rings. The van der Waals surface area contributed by atoms with Crippen LogP contribution < -0.4 is 9.64 Å². The van der Waals surface area contributed by atoms with Crippen molar-refractivity contribution in [3.63, 3.8) is 0 Å². The third-order valence-corrected chi connectivity index (χ3v) is 9.03. The molecule has 9 nitrogen and oxygen atoms in total. The zero-order valence-electron chi connectivity index (χ0n) is 24.9. The first-order chi connectivity index (χ1) is 21.7. The number of rotatable bonds is 6. The predicted octanol–water partition coefficient (Wildman–Crippen LogP) is 6.16. The van der Waals surface area contributed by atoms with Gasteiger partial charge in [0.1, 0.15) is 17.4 Å². The van der Waals surface area contributed by atoms with Crippen LogP contribution >= 0.6 is 0 Å². The van der Waals surface area contributed by atoms with Crippen molar-refractivity contribution in [2.45, 2.75) is 57.0 Å². The Balaban J connectivity index is 1.11. The maximum atomic E-state index is 13.4. The molecule has 15 heteroatoms. The Morgan fingerprint density at radius 3 is 1.96 bits per heavy atom. The molecule has 0 spiro atoms. The summed E-state index contributed by atoms with van der Waals surface area (Å²) in [6.45, 7) is 2.20. The number of benzene rings is 2. The molecule has 0 aromatic heterocycles. The molecule has 250 valence electrons. The molecular weight excluding hydrogens is 622 g/mol. The largest absolute Gasteiger partial charge is 0.490 e. The number of anilines is 1. The molecule has 3 aliphatic rings. The molecule has 5 rings (SSSR count). The van der Waals surface area contributed by atoms with Crippen LogP contribution in [0.5, 0.6) is 5.75 Å². The van der Waals surface area contributed by atoms with Gasteiger partial charge in [-0.15, -0.1) is 0 Å². The number of amides is 2. The van der Waals surface area contributed by atoms with Crippen LogP contribution in [-0.2, 0) is 21.9 Å². The van der Waals surface area contributed by atoms with E-state index in [0.29, 0.717) is 89.5 Å². The summed E-state index contributed by atoms with van der Waals surface area (Å²) in [5.41, 5.74) is -2.70. The van der Waals surface area contributed by atoms with Gasteiger partial charge in [0.2, 0.25) is 11.8 Å². The molecule has 46 heavy (non-hydrogen) atoms. The number of alkyl halides is 6. The molecule has 2 aromatic carbocycles. The van der Waals surface area contributed by atoms with Crippen molar-refractivity contribution in [2.24, 2.45) is 11.8 Å². The first-order valence-corrected chi connectivity index (χ1v) is 15.2. The number of carbonyl (C=O) groups excluding carboxylic acids is 2. The van der Waals surface area contributed by atoms with Crippen LogP contribution in [0.15, 0.2) is 42.5 Å². The van der Waals surface area contributed by atoms with Crippen molar-refractivity contribution >= 4 is 23.2 Å². The number of ether oxygens (including phenoxy) is 1. The minimum atomic E-state index is -4.92. The lowest BCUT2D eigenvalue weighted by Crippen LogP contribution is -2.51. The van der Waals surface area contributed by atoms with Crippen molar-refractivity contribution < 1.29 is 45.6 Å². The van der Waals surface area contributed by atoms with Crippen molar-refractivity contribution in [1.29, 1.82) is 0 Å². The molecule has 2 atom stereocenters. The summed E-state index contributed by atoms with van der Waals surface area (Å²) in [4.78, 5) is 42.0. The minimum absolute atomic E-state index is 0.0466. The maximum absolute atomic E-state index is 13.4. The van der Waals surface area contributed by atoms with Crippen LogP contribution in [-0.4, -0.2) is 71.9 Å². The minimum Gasteiger partial charge on any atom is -0.490 e. The summed E-state index contributed by atoms with van der Waals surface area (Å²) in [5.74, 6) is -0.911. The van der Waals surface area contributed by atoms with Gasteiger partial charge >= 0.3 is 12.4 Å². The fourth-order valence-electron chi connectivity index (χ4n) is 6.58. The summed E-state index contributed by atoms with van der Waals surface area (Å²) < 4.78 is 85.1. The van der Waals surface area contributed by atoms with E-state index in [4.69, 9.17) is 4.74 Å². The van der Waals surface area contributed by atoms with E-state index in [1.54, 1.807) is 15.9 Å². The summed E-state index contributed by atoms with van der Waals surface area (Å²) in [7, 11) is 0. The van der Waals surface area contributed by atoms with Gasteiger partial charge in [-0.1, -0.05) is 12.5 Å². The fourth-order valence-corrected chi connectivity index (χ4v) is 6.58. The van der Waals surface area contributed by atoms with E-state index in [1.807, 2.05) is 4.90 Å². The van der Waals surface area contributed by atoms with Crippen molar-refractivity contribution in [3.05, 3.63) is 63.7 Å². The Labute approximate surface area is 261 Å². The number of piperazine rings is 1. The fraction of sp³-hybridized carbons (Fsp3) is 0.548. The number of hydrogen-bond acceptors (Lipinski definition) is 6. The average Bonchev–Trinajstić information content (AvgIpc) is 3.04. The van der Waals surface area contributed by atoms with E-state index in [9.17, 15) is 46.0 Å². The van der Waals surface area contributed by atoms with Gasteiger partial charge in [-0.25, -0.2) is 0 Å². The summed E-state index contributed by atoms with van der Waals surface area (Å²) in [6.07, 6.45) is -6.67. The summed E-state index contributed by atoms with van der Waals surface area (Å²) >= 11 is 0. The van der Waals surface area contributed by atoms with Gasteiger partial charge in [-0.2, -0.15) is 26.3 Å². The molecule has 2 heterocycles. The van der Waals surface area contributed by atoms with Gasteiger partial charge in [0.25, 0.3) is 5.69 Å². The molecule has 3 fully saturated rings. The number of hydrogen-bond donors (Lipinski definition) is 0. The quantitative estimate of drug-likeness (QED) is 0.210. The van der Waals surface area contributed by atoms with Gasteiger partial charge in [-0.05, 0) is 49.6 Å². The summed E-state index contributed by atoms with van der Waals surface area (Å²) in [6, 6.07) is 7.67. The molecule has 2 saturated heterocycles. The Morgan fingerprint density at radius 1 is 0.783 bits per heavy atom.